The second-order valence-corrected chi connectivity index (χ2v) is 8.36. The quantitative estimate of drug-likeness (QED) is 0.509. The minimum atomic E-state index is -0.0217. The highest BCUT2D eigenvalue weighted by molar-refractivity contribution is 5.78. The molecule has 1 aliphatic carbocycles. The van der Waals surface area contributed by atoms with Crippen LogP contribution in [0.5, 0.6) is 5.75 Å². The molecule has 8 heteroatoms. The van der Waals surface area contributed by atoms with Gasteiger partial charge in [-0.3, -0.25) is 4.79 Å². The van der Waals surface area contributed by atoms with Gasteiger partial charge in [-0.25, -0.2) is 0 Å². The molecule has 33 heavy (non-hydrogen) atoms. The monoisotopic (exact) mass is 446 g/mol. The van der Waals surface area contributed by atoms with Gasteiger partial charge in [-0.05, 0) is 31.7 Å². The van der Waals surface area contributed by atoms with E-state index in [-0.39, 0.29) is 23.6 Å². The first-order valence-corrected chi connectivity index (χ1v) is 11.3. The fourth-order valence-electron chi connectivity index (χ4n) is 4.23. The molecule has 1 aliphatic rings. The first-order valence-electron chi connectivity index (χ1n) is 11.3. The van der Waals surface area contributed by atoms with Crippen molar-refractivity contribution in [2.45, 2.75) is 38.3 Å². The van der Waals surface area contributed by atoms with Crippen LogP contribution in [0.3, 0.4) is 0 Å². The number of amides is 1. The van der Waals surface area contributed by atoms with Crippen molar-refractivity contribution in [3.05, 3.63) is 60.2 Å². The number of benzene rings is 2. The number of hydrogen-bond donors (Lipinski definition) is 3. The molecule has 3 aromatic rings. The molecule has 4 rings (SSSR count). The van der Waals surface area contributed by atoms with E-state index in [4.69, 9.17) is 4.98 Å². The molecular formula is C25H30N6O2. The van der Waals surface area contributed by atoms with Gasteiger partial charge < -0.3 is 20.6 Å². The van der Waals surface area contributed by atoms with Crippen LogP contribution in [0.15, 0.2) is 54.6 Å². The van der Waals surface area contributed by atoms with Crippen molar-refractivity contribution in [2.24, 2.45) is 5.92 Å². The summed E-state index contributed by atoms with van der Waals surface area (Å²) in [4.78, 5) is 28.6. The molecule has 0 saturated heterocycles. The van der Waals surface area contributed by atoms with Gasteiger partial charge in [0.25, 0.3) is 0 Å². The largest absolute Gasteiger partial charge is 0.508 e. The van der Waals surface area contributed by atoms with Crippen LogP contribution in [0.1, 0.15) is 31.2 Å². The number of nitrogens with zero attached hydrogens (tertiary/aromatic N) is 4. The molecule has 3 N–H and O–H groups in total. The van der Waals surface area contributed by atoms with Gasteiger partial charge in [0.05, 0.1) is 0 Å². The Labute approximate surface area is 194 Å². The van der Waals surface area contributed by atoms with Crippen molar-refractivity contribution in [3.8, 4) is 17.1 Å². The van der Waals surface area contributed by atoms with Crippen LogP contribution in [-0.2, 0) is 11.3 Å². The number of anilines is 2. The molecule has 1 amide bonds. The highest BCUT2D eigenvalue weighted by Gasteiger charge is 2.29. The van der Waals surface area contributed by atoms with Crippen molar-refractivity contribution in [1.29, 1.82) is 0 Å². The van der Waals surface area contributed by atoms with E-state index in [2.05, 4.69) is 25.5 Å². The van der Waals surface area contributed by atoms with Gasteiger partial charge >= 0.3 is 0 Å². The molecule has 0 unspecified atom stereocenters. The molecule has 1 aromatic heterocycles. The highest BCUT2D eigenvalue weighted by Crippen LogP contribution is 2.30. The maximum absolute atomic E-state index is 12.7. The molecule has 2 aromatic carbocycles. The zero-order valence-corrected chi connectivity index (χ0v) is 19.0. The number of carbonyl (C=O) groups is 1. The SMILES string of the molecule is CNc1nc(-c2ccccc2)nc(N(C)C2CCC(C(=O)NCc3ccccc3O)CC2)n1. The molecule has 0 atom stereocenters. The lowest BCUT2D eigenvalue weighted by molar-refractivity contribution is -0.126. The van der Waals surface area contributed by atoms with Gasteiger partial charge in [-0.1, -0.05) is 48.5 Å². The number of carbonyl (C=O) groups excluding carboxylic acids is 1. The van der Waals surface area contributed by atoms with Crippen molar-refractivity contribution in [1.82, 2.24) is 20.3 Å². The van der Waals surface area contributed by atoms with Gasteiger partial charge in [-0.15, -0.1) is 0 Å². The fraction of sp³-hybridized carbons (Fsp3) is 0.360. The number of para-hydroxylation sites is 1. The zero-order valence-electron chi connectivity index (χ0n) is 19.0. The second-order valence-electron chi connectivity index (χ2n) is 8.36. The van der Waals surface area contributed by atoms with Gasteiger partial charge in [0.15, 0.2) is 5.82 Å². The van der Waals surface area contributed by atoms with E-state index in [0.717, 1.165) is 36.8 Å². The van der Waals surface area contributed by atoms with E-state index in [1.54, 1.807) is 19.2 Å². The lowest BCUT2D eigenvalue weighted by Crippen LogP contribution is -2.40. The summed E-state index contributed by atoms with van der Waals surface area (Å²) in [6.45, 7) is 0.339. The first-order chi connectivity index (χ1) is 16.0. The van der Waals surface area contributed by atoms with Gasteiger partial charge in [0.2, 0.25) is 17.8 Å². The van der Waals surface area contributed by atoms with Gasteiger partial charge in [0, 0.05) is 43.7 Å². The van der Waals surface area contributed by atoms with Crippen LogP contribution in [0.4, 0.5) is 11.9 Å². The van der Waals surface area contributed by atoms with Gasteiger partial charge in [0.1, 0.15) is 5.75 Å². The molecule has 1 fully saturated rings. The number of aromatic hydroxyl groups is 1. The van der Waals surface area contributed by atoms with Gasteiger partial charge in [-0.2, -0.15) is 15.0 Å². The van der Waals surface area contributed by atoms with Crippen molar-refractivity contribution in [2.75, 3.05) is 24.3 Å². The summed E-state index contributed by atoms with van der Waals surface area (Å²) in [7, 11) is 3.81. The molecular weight excluding hydrogens is 416 g/mol. The summed E-state index contributed by atoms with van der Waals surface area (Å²) in [5.74, 6) is 2.02. The summed E-state index contributed by atoms with van der Waals surface area (Å²) >= 11 is 0. The Morgan fingerprint density at radius 3 is 2.39 bits per heavy atom. The number of phenolic OH excluding ortho intramolecular Hbond substituents is 1. The Bertz CT molecular complexity index is 1080. The Hall–Kier alpha value is -3.68. The smallest absolute Gasteiger partial charge is 0.230 e. The van der Waals surface area contributed by atoms with Crippen LogP contribution in [0.25, 0.3) is 11.4 Å². The fourth-order valence-corrected chi connectivity index (χ4v) is 4.23. The summed E-state index contributed by atoms with van der Waals surface area (Å²) in [6.07, 6.45) is 3.37. The van der Waals surface area contributed by atoms with E-state index in [9.17, 15) is 9.90 Å². The number of phenols is 1. The Morgan fingerprint density at radius 1 is 1.00 bits per heavy atom. The Balaban J connectivity index is 1.37. The predicted molar refractivity (Wildman–Crippen MR) is 129 cm³/mol. The van der Waals surface area contributed by atoms with Crippen LogP contribution < -0.4 is 15.5 Å². The summed E-state index contributed by atoms with van der Waals surface area (Å²) in [5, 5.41) is 15.9. The van der Waals surface area contributed by atoms with Crippen LogP contribution in [0.2, 0.25) is 0 Å². The average molecular weight is 447 g/mol. The van der Waals surface area contributed by atoms with Crippen molar-refractivity contribution in [3.63, 3.8) is 0 Å². The molecule has 0 spiro atoms. The molecule has 0 radical (unpaired) electrons. The molecule has 8 nitrogen and oxygen atoms in total. The minimum absolute atomic E-state index is 0.0217. The second kappa shape index (κ2) is 10.3. The van der Waals surface area contributed by atoms with Crippen LogP contribution in [-0.4, -0.2) is 46.1 Å². The van der Waals surface area contributed by atoms with E-state index in [0.29, 0.717) is 24.3 Å². The van der Waals surface area contributed by atoms with Crippen LogP contribution >= 0.6 is 0 Å². The number of nitrogens with one attached hydrogen (secondary N) is 2. The van der Waals surface area contributed by atoms with E-state index in [1.165, 1.54) is 0 Å². The lowest BCUT2D eigenvalue weighted by Gasteiger charge is -2.34. The molecule has 0 bridgehead atoms. The normalized spacial score (nSPS) is 17.9. The Morgan fingerprint density at radius 2 is 1.70 bits per heavy atom. The lowest BCUT2D eigenvalue weighted by atomic mass is 9.85. The topological polar surface area (TPSA) is 103 Å². The maximum atomic E-state index is 12.7. The number of rotatable bonds is 7. The van der Waals surface area contributed by atoms with Crippen molar-refractivity contribution < 1.29 is 9.90 Å². The zero-order chi connectivity index (χ0) is 23.2. The molecule has 1 heterocycles. The summed E-state index contributed by atoms with van der Waals surface area (Å²) < 4.78 is 0. The van der Waals surface area contributed by atoms with E-state index >= 15 is 0 Å². The van der Waals surface area contributed by atoms with Crippen molar-refractivity contribution >= 4 is 17.8 Å². The summed E-state index contributed by atoms with van der Waals surface area (Å²) in [6, 6.07) is 17.2. The third-order valence-electron chi connectivity index (χ3n) is 6.25. The standard InChI is InChI=1S/C25H30N6O2/c1-26-24-28-22(17-8-4-3-5-9-17)29-25(30-24)31(2)20-14-12-18(13-15-20)23(33)27-16-19-10-6-7-11-21(19)32/h3-11,18,20,32H,12-16H2,1-2H3,(H,27,33)(H,26,28,29,30). The number of aromatic nitrogens is 3. The Kier molecular flexibility index (Phi) is 7.02. The molecule has 1 saturated carbocycles. The molecule has 0 aliphatic heterocycles. The third kappa shape index (κ3) is 5.39. The molecule has 172 valence electrons. The summed E-state index contributed by atoms with van der Waals surface area (Å²) in [5.41, 5.74) is 1.67. The minimum Gasteiger partial charge on any atom is -0.508 e. The highest BCUT2D eigenvalue weighted by atomic mass is 16.3. The number of hydrogen-bond acceptors (Lipinski definition) is 7. The average Bonchev–Trinajstić information content (AvgIpc) is 2.88. The maximum Gasteiger partial charge on any atom is 0.230 e. The third-order valence-corrected chi connectivity index (χ3v) is 6.25. The van der Waals surface area contributed by atoms with E-state index in [1.807, 2.05) is 49.5 Å². The first kappa shape index (κ1) is 22.5. The van der Waals surface area contributed by atoms with Crippen LogP contribution in [0, 0.1) is 5.92 Å². The predicted octanol–water partition coefficient (Wildman–Crippen LogP) is 3.60. The van der Waals surface area contributed by atoms with E-state index < -0.39 is 0 Å².